The lowest BCUT2D eigenvalue weighted by Crippen LogP contribution is -2.08. The zero-order valence-electron chi connectivity index (χ0n) is 11.8. The van der Waals surface area contributed by atoms with E-state index in [4.69, 9.17) is 10.1 Å². The third-order valence-electron chi connectivity index (χ3n) is 3.07. The van der Waals surface area contributed by atoms with Crippen molar-refractivity contribution in [2.75, 3.05) is 6.61 Å². The molecule has 0 bridgehead atoms. The largest absolute Gasteiger partial charge is 0.494 e. The first-order chi connectivity index (χ1) is 9.26. The number of ether oxygens (including phenoxy) is 1. The minimum absolute atomic E-state index is 0.411. The Morgan fingerprint density at radius 3 is 2.95 bits per heavy atom. The summed E-state index contributed by atoms with van der Waals surface area (Å²) in [6, 6.07) is 8.07. The highest BCUT2D eigenvalue weighted by molar-refractivity contribution is 5.53. The van der Waals surface area contributed by atoms with Gasteiger partial charge in [0.15, 0.2) is 0 Å². The molecule has 0 aromatic heterocycles. The predicted molar refractivity (Wildman–Crippen MR) is 79.2 cm³/mol. The van der Waals surface area contributed by atoms with Crippen molar-refractivity contribution in [1.82, 2.24) is 0 Å². The first kappa shape index (κ1) is 15.7. The third-order valence-corrected chi connectivity index (χ3v) is 3.07. The quantitative estimate of drug-likeness (QED) is 0.500. The number of benzene rings is 1. The molecule has 0 fully saturated rings. The Morgan fingerprint density at radius 1 is 1.37 bits per heavy atom. The SMILES string of the molecule is CCCCCOc1cccc(CCC(O)CC=N)c1. The van der Waals surface area contributed by atoms with Crippen molar-refractivity contribution in [3.8, 4) is 5.75 Å². The van der Waals surface area contributed by atoms with E-state index in [1.807, 2.05) is 18.2 Å². The number of hydrogen-bond acceptors (Lipinski definition) is 3. The van der Waals surface area contributed by atoms with Gasteiger partial charge < -0.3 is 15.3 Å². The minimum Gasteiger partial charge on any atom is -0.494 e. The molecule has 1 aromatic rings. The standard InChI is InChI=1S/C16H25NO2/c1-2-3-4-12-19-16-7-5-6-14(13-16)8-9-15(18)10-11-17/h5-7,11,13,15,17-18H,2-4,8-10,12H2,1H3. The van der Waals surface area contributed by atoms with Crippen molar-refractivity contribution in [2.24, 2.45) is 0 Å². The summed E-state index contributed by atoms with van der Waals surface area (Å²) in [5, 5.41) is 16.6. The molecule has 0 aliphatic heterocycles. The Balaban J connectivity index is 2.36. The Morgan fingerprint density at radius 2 is 2.21 bits per heavy atom. The molecule has 3 nitrogen and oxygen atoms in total. The number of unbranched alkanes of at least 4 members (excludes halogenated alkanes) is 2. The minimum atomic E-state index is -0.411. The molecular weight excluding hydrogens is 238 g/mol. The second-order valence-corrected chi connectivity index (χ2v) is 4.84. The zero-order valence-corrected chi connectivity index (χ0v) is 11.8. The van der Waals surface area contributed by atoms with Crippen molar-refractivity contribution in [2.45, 2.75) is 51.6 Å². The van der Waals surface area contributed by atoms with Gasteiger partial charge in [-0.2, -0.15) is 0 Å². The van der Waals surface area contributed by atoms with E-state index in [0.29, 0.717) is 12.8 Å². The van der Waals surface area contributed by atoms with Crippen LogP contribution in [0.4, 0.5) is 0 Å². The molecule has 0 amide bonds. The van der Waals surface area contributed by atoms with Gasteiger partial charge in [-0.25, -0.2) is 0 Å². The van der Waals surface area contributed by atoms with Crippen LogP contribution in [0.1, 0.15) is 44.6 Å². The molecule has 0 spiro atoms. The molecule has 19 heavy (non-hydrogen) atoms. The summed E-state index contributed by atoms with van der Waals surface area (Å²) in [6.07, 6.45) is 6.30. The van der Waals surface area contributed by atoms with E-state index < -0.39 is 6.10 Å². The van der Waals surface area contributed by atoms with Gasteiger partial charge >= 0.3 is 0 Å². The van der Waals surface area contributed by atoms with Crippen LogP contribution in [-0.2, 0) is 6.42 Å². The van der Waals surface area contributed by atoms with E-state index in [9.17, 15) is 5.11 Å². The number of aliphatic hydroxyl groups is 1. The van der Waals surface area contributed by atoms with Crippen LogP contribution in [0.5, 0.6) is 5.75 Å². The molecule has 1 unspecified atom stereocenters. The molecule has 2 N–H and O–H groups in total. The van der Waals surface area contributed by atoms with Crippen molar-refractivity contribution in [3.63, 3.8) is 0 Å². The lowest BCUT2D eigenvalue weighted by Gasteiger charge is -2.10. The molecule has 0 saturated heterocycles. The monoisotopic (exact) mass is 263 g/mol. The number of hydrogen-bond donors (Lipinski definition) is 2. The smallest absolute Gasteiger partial charge is 0.119 e. The second kappa shape index (κ2) is 9.56. The average molecular weight is 263 g/mol. The molecule has 106 valence electrons. The van der Waals surface area contributed by atoms with Gasteiger partial charge in [0.1, 0.15) is 5.75 Å². The van der Waals surface area contributed by atoms with E-state index in [0.717, 1.165) is 25.2 Å². The highest BCUT2D eigenvalue weighted by atomic mass is 16.5. The van der Waals surface area contributed by atoms with Gasteiger partial charge in [0, 0.05) is 6.42 Å². The maximum Gasteiger partial charge on any atom is 0.119 e. The molecular formula is C16H25NO2. The van der Waals surface area contributed by atoms with Gasteiger partial charge in [0.2, 0.25) is 0 Å². The van der Waals surface area contributed by atoms with E-state index in [1.54, 1.807) is 0 Å². The highest BCUT2D eigenvalue weighted by Gasteiger charge is 2.03. The topological polar surface area (TPSA) is 53.3 Å². The molecule has 3 heteroatoms. The van der Waals surface area contributed by atoms with Gasteiger partial charge in [-0.1, -0.05) is 31.9 Å². The van der Waals surface area contributed by atoms with Gasteiger partial charge in [0.05, 0.1) is 12.7 Å². The molecule has 1 rings (SSSR count). The molecule has 0 aliphatic carbocycles. The van der Waals surface area contributed by atoms with Crippen LogP contribution in [0, 0.1) is 5.41 Å². The van der Waals surface area contributed by atoms with Crippen LogP contribution in [0.2, 0.25) is 0 Å². The van der Waals surface area contributed by atoms with Crippen molar-refractivity contribution in [3.05, 3.63) is 29.8 Å². The van der Waals surface area contributed by atoms with Gasteiger partial charge in [-0.3, -0.25) is 0 Å². The van der Waals surface area contributed by atoms with Crippen molar-refractivity contribution in [1.29, 1.82) is 5.41 Å². The van der Waals surface area contributed by atoms with Crippen LogP contribution >= 0.6 is 0 Å². The summed E-state index contributed by atoms with van der Waals surface area (Å²) < 4.78 is 5.70. The van der Waals surface area contributed by atoms with Gasteiger partial charge in [-0.15, -0.1) is 0 Å². The normalized spacial score (nSPS) is 12.1. The summed E-state index contributed by atoms with van der Waals surface area (Å²) in [5.74, 6) is 0.912. The van der Waals surface area contributed by atoms with E-state index in [2.05, 4.69) is 13.0 Å². The highest BCUT2D eigenvalue weighted by Crippen LogP contribution is 2.16. The second-order valence-electron chi connectivity index (χ2n) is 4.84. The Bertz CT molecular complexity index is 366. The summed E-state index contributed by atoms with van der Waals surface area (Å²) in [6.45, 7) is 2.95. The van der Waals surface area contributed by atoms with Gasteiger partial charge in [-0.05, 0) is 43.2 Å². The Kier molecular flexibility index (Phi) is 7.91. The Labute approximate surface area is 116 Å². The molecule has 0 heterocycles. The first-order valence-corrected chi connectivity index (χ1v) is 7.15. The number of nitrogens with one attached hydrogen (secondary N) is 1. The van der Waals surface area contributed by atoms with E-state index in [1.165, 1.54) is 24.6 Å². The van der Waals surface area contributed by atoms with Gasteiger partial charge in [0.25, 0.3) is 0 Å². The fourth-order valence-corrected chi connectivity index (χ4v) is 1.92. The molecule has 0 aliphatic rings. The van der Waals surface area contributed by atoms with E-state index >= 15 is 0 Å². The summed E-state index contributed by atoms with van der Waals surface area (Å²) in [7, 11) is 0. The number of rotatable bonds is 10. The predicted octanol–water partition coefficient (Wildman–Crippen LogP) is 3.59. The van der Waals surface area contributed by atoms with E-state index in [-0.39, 0.29) is 0 Å². The van der Waals surface area contributed by atoms with Crippen LogP contribution in [0.25, 0.3) is 0 Å². The molecule has 0 radical (unpaired) electrons. The zero-order chi connectivity index (χ0) is 13.9. The summed E-state index contributed by atoms with van der Waals surface area (Å²) >= 11 is 0. The van der Waals surface area contributed by atoms with Crippen molar-refractivity contribution >= 4 is 6.21 Å². The summed E-state index contributed by atoms with van der Waals surface area (Å²) in [4.78, 5) is 0. The maximum absolute atomic E-state index is 9.60. The fourth-order valence-electron chi connectivity index (χ4n) is 1.92. The fraction of sp³-hybridized carbons (Fsp3) is 0.562. The molecule has 1 aromatic carbocycles. The first-order valence-electron chi connectivity index (χ1n) is 7.15. The summed E-state index contributed by atoms with van der Waals surface area (Å²) in [5.41, 5.74) is 1.18. The maximum atomic E-state index is 9.60. The van der Waals surface area contributed by atoms with Crippen LogP contribution in [-0.4, -0.2) is 24.0 Å². The molecule has 1 atom stereocenters. The van der Waals surface area contributed by atoms with Crippen molar-refractivity contribution < 1.29 is 9.84 Å². The van der Waals surface area contributed by atoms with Crippen LogP contribution in [0.3, 0.4) is 0 Å². The lowest BCUT2D eigenvalue weighted by atomic mass is 10.1. The average Bonchev–Trinajstić information content (AvgIpc) is 2.42. The molecule has 0 saturated carbocycles. The lowest BCUT2D eigenvalue weighted by molar-refractivity contribution is 0.173. The Hall–Kier alpha value is -1.35. The van der Waals surface area contributed by atoms with Crippen LogP contribution < -0.4 is 4.74 Å². The number of aliphatic hydroxyl groups excluding tert-OH is 1. The van der Waals surface area contributed by atoms with Crippen LogP contribution in [0.15, 0.2) is 24.3 Å². The third kappa shape index (κ3) is 6.97. The number of aryl methyl sites for hydroxylation is 1.